The van der Waals surface area contributed by atoms with E-state index < -0.39 is 15.8 Å². The van der Waals surface area contributed by atoms with Crippen LogP contribution < -0.4 is 5.73 Å². The second kappa shape index (κ2) is 4.93. The third-order valence-electron chi connectivity index (χ3n) is 2.68. The van der Waals surface area contributed by atoms with Crippen molar-refractivity contribution in [2.75, 3.05) is 32.0 Å². The number of rotatable bonds is 2. The van der Waals surface area contributed by atoms with Crippen LogP contribution in [0.3, 0.4) is 0 Å². The molecule has 1 aliphatic heterocycles. The number of phenols is 1. The van der Waals surface area contributed by atoms with Crippen LogP contribution >= 0.6 is 11.6 Å². The van der Waals surface area contributed by atoms with Gasteiger partial charge in [-0.2, -0.15) is 4.31 Å². The third-order valence-corrected chi connectivity index (χ3v) is 5.08. The predicted molar refractivity (Wildman–Crippen MR) is 67.1 cm³/mol. The minimum absolute atomic E-state index is 0.0220. The Bertz CT molecular complexity index is 555. The Hall–Kier alpha value is -1.02. The van der Waals surface area contributed by atoms with E-state index in [-0.39, 0.29) is 28.7 Å². The van der Waals surface area contributed by atoms with E-state index in [1.807, 2.05) is 0 Å². The molecule has 100 valence electrons. The molecule has 0 atom stereocenters. The number of nitrogens with two attached hydrogens (primary N) is 1. The monoisotopic (exact) mass is 292 g/mol. The Morgan fingerprint density at radius 1 is 1.33 bits per heavy atom. The lowest BCUT2D eigenvalue weighted by atomic mass is 10.3. The zero-order valence-electron chi connectivity index (χ0n) is 9.47. The van der Waals surface area contributed by atoms with Crippen LogP contribution in [0.15, 0.2) is 17.0 Å². The Balaban J connectivity index is 2.50. The maximum atomic E-state index is 12.4. The molecule has 2 rings (SSSR count). The predicted octanol–water partition coefficient (Wildman–Crippen LogP) is 0.649. The lowest BCUT2D eigenvalue weighted by Gasteiger charge is -2.26. The van der Waals surface area contributed by atoms with Gasteiger partial charge in [0.05, 0.1) is 23.9 Å². The van der Waals surface area contributed by atoms with Gasteiger partial charge in [0.1, 0.15) is 4.90 Å². The molecular weight excluding hydrogens is 280 g/mol. The van der Waals surface area contributed by atoms with Gasteiger partial charge in [-0.3, -0.25) is 0 Å². The summed E-state index contributed by atoms with van der Waals surface area (Å²) in [4.78, 5) is -0.342. The molecule has 0 bridgehead atoms. The number of nitrogen functional groups attached to an aromatic ring is 1. The van der Waals surface area contributed by atoms with Crippen molar-refractivity contribution in [1.29, 1.82) is 0 Å². The first-order chi connectivity index (χ1) is 8.44. The molecule has 0 aliphatic carbocycles. The summed E-state index contributed by atoms with van der Waals surface area (Å²) in [6, 6.07) is 2.71. The number of ether oxygens (including phenoxy) is 1. The van der Waals surface area contributed by atoms with E-state index in [9.17, 15) is 13.5 Å². The molecule has 1 fully saturated rings. The molecular formula is C10H13ClN2O4S. The summed E-state index contributed by atoms with van der Waals surface area (Å²) in [5.74, 6) is -0.506. The minimum atomic E-state index is -3.85. The number of phenolic OH excluding ortho intramolecular Hbond substituents is 1. The SMILES string of the molecule is Nc1ccc(Cl)c(S(=O)(=O)N2CCOCC2)c1O. The van der Waals surface area contributed by atoms with E-state index in [4.69, 9.17) is 22.1 Å². The molecule has 1 heterocycles. The van der Waals surface area contributed by atoms with Crippen molar-refractivity contribution in [3.05, 3.63) is 17.2 Å². The quantitative estimate of drug-likeness (QED) is 0.617. The van der Waals surface area contributed by atoms with Crippen molar-refractivity contribution in [3.8, 4) is 5.75 Å². The van der Waals surface area contributed by atoms with Gasteiger partial charge < -0.3 is 15.6 Å². The van der Waals surface area contributed by atoms with Gasteiger partial charge in [0, 0.05) is 13.1 Å². The molecule has 0 spiro atoms. The number of hydrogen-bond acceptors (Lipinski definition) is 5. The van der Waals surface area contributed by atoms with E-state index in [0.29, 0.717) is 13.2 Å². The maximum Gasteiger partial charge on any atom is 0.248 e. The van der Waals surface area contributed by atoms with Gasteiger partial charge >= 0.3 is 0 Å². The second-order valence-corrected chi connectivity index (χ2v) is 6.11. The summed E-state index contributed by atoms with van der Waals surface area (Å²) in [6.45, 7) is 1.10. The number of sulfonamides is 1. The van der Waals surface area contributed by atoms with Crippen LogP contribution in [0.1, 0.15) is 0 Å². The average molecular weight is 293 g/mol. The molecule has 0 unspecified atom stereocenters. The van der Waals surface area contributed by atoms with Crippen LogP contribution in [0, 0.1) is 0 Å². The third kappa shape index (κ3) is 2.26. The van der Waals surface area contributed by atoms with Gasteiger partial charge in [-0.25, -0.2) is 8.42 Å². The van der Waals surface area contributed by atoms with Crippen molar-refractivity contribution in [2.24, 2.45) is 0 Å². The van der Waals surface area contributed by atoms with Crippen molar-refractivity contribution in [1.82, 2.24) is 4.31 Å². The lowest BCUT2D eigenvalue weighted by Crippen LogP contribution is -2.40. The van der Waals surface area contributed by atoms with Crippen LogP contribution in [0.4, 0.5) is 5.69 Å². The molecule has 8 heteroatoms. The van der Waals surface area contributed by atoms with Crippen LogP contribution in [0.5, 0.6) is 5.75 Å². The van der Waals surface area contributed by atoms with E-state index >= 15 is 0 Å². The Morgan fingerprint density at radius 3 is 2.56 bits per heavy atom. The molecule has 6 nitrogen and oxygen atoms in total. The fourth-order valence-electron chi connectivity index (χ4n) is 1.72. The van der Waals surface area contributed by atoms with Crippen LogP contribution in [-0.2, 0) is 14.8 Å². The van der Waals surface area contributed by atoms with Crippen molar-refractivity contribution < 1.29 is 18.3 Å². The molecule has 1 aliphatic rings. The highest BCUT2D eigenvalue weighted by atomic mass is 35.5. The summed E-state index contributed by atoms with van der Waals surface area (Å²) in [7, 11) is -3.85. The molecule has 1 aromatic rings. The van der Waals surface area contributed by atoms with E-state index in [1.54, 1.807) is 0 Å². The standard InChI is InChI=1S/C10H13ClN2O4S/c11-7-1-2-8(12)9(14)10(7)18(15,16)13-3-5-17-6-4-13/h1-2,14H,3-6,12H2. The molecule has 1 saturated heterocycles. The molecule has 0 saturated carbocycles. The van der Waals surface area contributed by atoms with E-state index in [2.05, 4.69) is 0 Å². The molecule has 3 N–H and O–H groups in total. The van der Waals surface area contributed by atoms with Gasteiger partial charge in [0.25, 0.3) is 0 Å². The zero-order chi connectivity index (χ0) is 13.3. The molecule has 0 radical (unpaired) electrons. The van der Waals surface area contributed by atoms with Crippen LogP contribution in [0.2, 0.25) is 5.02 Å². The number of aromatic hydroxyl groups is 1. The smallest absolute Gasteiger partial charge is 0.248 e. The molecule has 0 aromatic heterocycles. The van der Waals surface area contributed by atoms with Crippen molar-refractivity contribution in [3.63, 3.8) is 0 Å². The Labute approximate surface area is 110 Å². The fourth-order valence-corrected chi connectivity index (χ4v) is 3.73. The zero-order valence-corrected chi connectivity index (χ0v) is 11.0. The maximum absolute atomic E-state index is 12.4. The van der Waals surface area contributed by atoms with E-state index in [1.165, 1.54) is 16.4 Å². The molecule has 18 heavy (non-hydrogen) atoms. The van der Waals surface area contributed by atoms with Crippen molar-refractivity contribution in [2.45, 2.75) is 4.90 Å². The first kappa shape index (κ1) is 13.4. The van der Waals surface area contributed by atoms with Gasteiger partial charge in [-0.05, 0) is 12.1 Å². The van der Waals surface area contributed by atoms with Crippen LogP contribution in [0.25, 0.3) is 0 Å². The summed E-state index contributed by atoms with van der Waals surface area (Å²) >= 11 is 5.85. The summed E-state index contributed by atoms with van der Waals surface area (Å²) in [6.07, 6.45) is 0. The second-order valence-electron chi connectivity index (χ2n) is 3.83. The summed E-state index contributed by atoms with van der Waals surface area (Å²) in [5.41, 5.74) is 5.48. The topological polar surface area (TPSA) is 92.9 Å². The summed E-state index contributed by atoms with van der Waals surface area (Å²) < 4.78 is 31.0. The Morgan fingerprint density at radius 2 is 1.94 bits per heavy atom. The lowest BCUT2D eigenvalue weighted by molar-refractivity contribution is 0.0729. The first-order valence-electron chi connectivity index (χ1n) is 5.29. The van der Waals surface area contributed by atoms with E-state index in [0.717, 1.165) is 0 Å². The number of anilines is 1. The highest BCUT2D eigenvalue weighted by Gasteiger charge is 2.31. The number of hydrogen-bond donors (Lipinski definition) is 2. The Kier molecular flexibility index (Phi) is 3.67. The molecule has 0 amide bonds. The van der Waals surface area contributed by atoms with Gasteiger partial charge in [0.15, 0.2) is 5.75 Å². The summed E-state index contributed by atoms with van der Waals surface area (Å²) in [5, 5.41) is 9.75. The average Bonchev–Trinajstić information content (AvgIpc) is 2.35. The molecule has 1 aromatic carbocycles. The largest absolute Gasteiger partial charge is 0.504 e. The number of benzene rings is 1. The fraction of sp³-hybridized carbons (Fsp3) is 0.400. The van der Waals surface area contributed by atoms with Gasteiger partial charge in [-0.1, -0.05) is 11.6 Å². The number of morpholine rings is 1. The van der Waals surface area contributed by atoms with Gasteiger partial charge in [0.2, 0.25) is 10.0 Å². The number of nitrogens with zero attached hydrogens (tertiary/aromatic N) is 1. The normalized spacial score (nSPS) is 17.8. The van der Waals surface area contributed by atoms with Crippen LogP contribution in [-0.4, -0.2) is 44.1 Å². The van der Waals surface area contributed by atoms with Crippen molar-refractivity contribution >= 4 is 27.3 Å². The first-order valence-corrected chi connectivity index (χ1v) is 7.11. The number of halogens is 1. The highest BCUT2D eigenvalue weighted by molar-refractivity contribution is 7.89. The highest BCUT2D eigenvalue weighted by Crippen LogP contribution is 2.36. The minimum Gasteiger partial charge on any atom is -0.504 e. The van der Waals surface area contributed by atoms with Gasteiger partial charge in [-0.15, -0.1) is 0 Å².